The van der Waals surface area contributed by atoms with Crippen molar-refractivity contribution in [2.45, 2.75) is 45.2 Å². The Kier molecular flexibility index (Phi) is 8.86. The fourth-order valence-corrected chi connectivity index (χ4v) is 3.15. The molecule has 0 spiro atoms. The van der Waals surface area contributed by atoms with Gasteiger partial charge in [-0.2, -0.15) is 0 Å². The lowest BCUT2D eigenvalue weighted by Gasteiger charge is -2.17. The minimum atomic E-state index is 0. The molecule has 6 nitrogen and oxygen atoms in total. The molecule has 3 N–H and O–H groups in total. The number of halogens is 1. The summed E-state index contributed by atoms with van der Waals surface area (Å²) in [5.41, 5.74) is 6.93. The van der Waals surface area contributed by atoms with Crippen molar-refractivity contribution in [1.29, 1.82) is 0 Å². The zero-order valence-electron chi connectivity index (χ0n) is 15.2. The molecule has 1 aromatic carbocycles. The van der Waals surface area contributed by atoms with Crippen LogP contribution in [0.1, 0.15) is 38.2 Å². The van der Waals surface area contributed by atoms with E-state index in [0.29, 0.717) is 42.7 Å². The standard InChI is InChI=1S/C18H28N2O4.ClH/c1-4-24-18-15(22-2)8-12(9-16(18)23-3)11-20-17(21)10-13-6-5-7-14(13)19;/h8-9,13-14H,4-7,10-11,19H2,1-3H3,(H,20,21);1H/t13-,14+;/m0./s1. The number of nitrogens with one attached hydrogen (secondary N) is 1. The van der Waals surface area contributed by atoms with Crippen molar-refractivity contribution in [3.8, 4) is 17.2 Å². The maximum Gasteiger partial charge on any atom is 0.220 e. The first-order valence-corrected chi connectivity index (χ1v) is 8.49. The first-order valence-electron chi connectivity index (χ1n) is 8.49. The van der Waals surface area contributed by atoms with Crippen LogP contribution in [0, 0.1) is 5.92 Å². The van der Waals surface area contributed by atoms with E-state index in [1.807, 2.05) is 19.1 Å². The first-order chi connectivity index (χ1) is 11.6. The molecule has 1 aliphatic rings. The topological polar surface area (TPSA) is 82.8 Å². The predicted octanol–water partition coefficient (Wildman–Crippen LogP) is 2.66. The monoisotopic (exact) mass is 372 g/mol. The molecule has 142 valence electrons. The number of amides is 1. The van der Waals surface area contributed by atoms with E-state index in [4.69, 9.17) is 19.9 Å². The molecule has 1 fully saturated rings. The zero-order valence-corrected chi connectivity index (χ0v) is 16.0. The molecular weight excluding hydrogens is 344 g/mol. The molecule has 7 heteroatoms. The van der Waals surface area contributed by atoms with E-state index in [2.05, 4.69) is 5.32 Å². The second-order valence-electron chi connectivity index (χ2n) is 6.10. The number of carbonyl (C=O) groups excluding carboxylic acids is 1. The summed E-state index contributed by atoms with van der Waals surface area (Å²) in [4.78, 5) is 12.1. The highest BCUT2D eigenvalue weighted by molar-refractivity contribution is 5.85. The van der Waals surface area contributed by atoms with E-state index in [-0.39, 0.29) is 24.4 Å². The van der Waals surface area contributed by atoms with Crippen LogP contribution in [-0.4, -0.2) is 32.8 Å². The van der Waals surface area contributed by atoms with Crippen LogP contribution in [-0.2, 0) is 11.3 Å². The van der Waals surface area contributed by atoms with Crippen LogP contribution in [0.25, 0.3) is 0 Å². The number of methoxy groups -OCH3 is 2. The van der Waals surface area contributed by atoms with Gasteiger partial charge in [0.25, 0.3) is 0 Å². The molecule has 0 bridgehead atoms. The van der Waals surface area contributed by atoms with Gasteiger partial charge in [0.05, 0.1) is 20.8 Å². The lowest BCUT2D eigenvalue weighted by molar-refractivity contribution is -0.122. The van der Waals surface area contributed by atoms with Crippen molar-refractivity contribution >= 4 is 18.3 Å². The van der Waals surface area contributed by atoms with Crippen LogP contribution >= 0.6 is 12.4 Å². The Bertz CT molecular complexity index is 543. The molecule has 0 heterocycles. The Morgan fingerprint density at radius 3 is 2.36 bits per heavy atom. The van der Waals surface area contributed by atoms with Gasteiger partial charge in [0.15, 0.2) is 11.5 Å². The average molecular weight is 373 g/mol. The molecule has 1 aromatic rings. The zero-order chi connectivity index (χ0) is 17.5. The molecule has 0 aliphatic heterocycles. The van der Waals surface area contributed by atoms with Crippen molar-refractivity contribution in [3.05, 3.63) is 17.7 Å². The Labute approximate surface area is 155 Å². The summed E-state index contributed by atoms with van der Waals surface area (Å²) in [6, 6.07) is 3.87. The molecule has 0 unspecified atom stereocenters. The summed E-state index contributed by atoms with van der Waals surface area (Å²) < 4.78 is 16.3. The molecular formula is C18H29ClN2O4. The van der Waals surface area contributed by atoms with Gasteiger partial charge in [-0.3, -0.25) is 4.79 Å². The molecule has 0 saturated heterocycles. The molecule has 0 aromatic heterocycles. The van der Waals surface area contributed by atoms with Crippen molar-refractivity contribution in [2.24, 2.45) is 11.7 Å². The van der Waals surface area contributed by atoms with E-state index in [1.54, 1.807) is 14.2 Å². The lowest BCUT2D eigenvalue weighted by atomic mass is 10.00. The highest BCUT2D eigenvalue weighted by Gasteiger charge is 2.26. The molecule has 1 amide bonds. The Balaban J connectivity index is 0.00000312. The largest absolute Gasteiger partial charge is 0.493 e. The smallest absolute Gasteiger partial charge is 0.220 e. The Morgan fingerprint density at radius 2 is 1.88 bits per heavy atom. The lowest BCUT2D eigenvalue weighted by Crippen LogP contribution is -2.31. The Hall–Kier alpha value is -1.66. The summed E-state index contributed by atoms with van der Waals surface area (Å²) in [5.74, 6) is 2.10. The second kappa shape index (κ2) is 10.4. The van der Waals surface area contributed by atoms with Gasteiger partial charge in [-0.1, -0.05) is 6.42 Å². The number of carbonyl (C=O) groups is 1. The number of hydrogen-bond donors (Lipinski definition) is 2. The van der Waals surface area contributed by atoms with Crippen LogP contribution in [0.5, 0.6) is 17.2 Å². The van der Waals surface area contributed by atoms with Crippen LogP contribution in [0.15, 0.2) is 12.1 Å². The number of benzene rings is 1. The number of hydrogen-bond acceptors (Lipinski definition) is 5. The van der Waals surface area contributed by atoms with E-state index >= 15 is 0 Å². The third-order valence-corrected chi connectivity index (χ3v) is 4.46. The van der Waals surface area contributed by atoms with Gasteiger partial charge in [-0.15, -0.1) is 12.4 Å². The van der Waals surface area contributed by atoms with Gasteiger partial charge in [0.1, 0.15) is 0 Å². The van der Waals surface area contributed by atoms with Gasteiger partial charge in [-0.05, 0) is 43.4 Å². The summed E-state index contributed by atoms with van der Waals surface area (Å²) in [6.07, 6.45) is 3.67. The number of ether oxygens (including phenoxy) is 3. The minimum Gasteiger partial charge on any atom is -0.493 e. The maximum atomic E-state index is 12.1. The fourth-order valence-electron chi connectivity index (χ4n) is 3.15. The SMILES string of the molecule is CCOc1c(OC)cc(CNC(=O)C[C@@H]2CCC[C@H]2N)cc1OC.Cl. The average Bonchev–Trinajstić information content (AvgIpc) is 2.98. The van der Waals surface area contributed by atoms with Crippen LogP contribution < -0.4 is 25.3 Å². The van der Waals surface area contributed by atoms with E-state index in [9.17, 15) is 4.79 Å². The van der Waals surface area contributed by atoms with Crippen molar-refractivity contribution in [3.63, 3.8) is 0 Å². The molecule has 2 atom stereocenters. The number of nitrogens with two attached hydrogens (primary N) is 1. The third kappa shape index (κ3) is 5.68. The van der Waals surface area contributed by atoms with E-state index in [1.165, 1.54) is 0 Å². The van der Waals surface area contributed by atoms with Gasteiger partial charge in [0.2, 0.25) is 11.7 Å². The van der Waals surface area contributed by atoms with Crippen molar-refractivity contribution in [1.82, 2.24) is 5.32 Å². The summed E-state index contributed by atoms with van der Waals surface area (Å²) in [7, 11) is 3.17. The predicted molar refractivity (Wildman–Crippen MR) is 99.7 cm³/mol. The van der Waals surface area contributed by atoms with Crippen LogP contribution in [0.4, 0.5) is 0 Å². The Morgan fingerprint density at radius 1 is 1.24 bits per heavy atom. The van der Waals surface area contributed by atoms with Gasteiger partial charge in [-0.25, -0.2) is 0 Å². The third-order valence-electron chi connectivity index (χ3n) is 4.46. The maximum absolute atomic E-state index is 12.1. The molecule has 1 aliphatic carbocycles. The highest BCUT2D eigenvalue weighted by atomic mass is 35.5. The van der Waals surface area contributed by atoms with E-state index < -0.39 is 0 Å². The van der Waals surface area contributed by atoms with Gasteiger partial charge < -0.3 is 25.3 Å². The second-order valence-corrected chi connectivity index (χ2v) is 6.10. The fraction of sp³-hybridized carbons (Fsp3) is 0.611. The quantitative estimate of drug-likeness (QED) is 0.733. The van der Waals surface area contributed by atoms with Crippen LogP contribution in [0.3, 0.4) is 0 Å². The van der Waals surface area contributed by atoms with Gasteiger partial charge in [0, 0.05) is 19.0 Å². The van der Waals surface area contributed by atoms with Crippen molar-refractivity contribution in [2.75, 3.05) is 20.8 Å². The van der Waals surface area contributed by atoms with Crippen molar-refractivity contribution < 1.29 is 19.0 Å². The van der Waals surface area contributed by atoms with Crippen LogP contribution in [0.2, 0.25) is 0 Å². The first kappa shape index (κ1) is 21.4. The summed E-state index contributed by atoms with van der Waals surface area (Å²) in [6.45, 7) is 2.84. The van der Waals surface area contributed by atoms with Gasteiger partial charge >= 0.3 is 0 Å². The molecule has 25 heavy (non-hydrogen) atoms. The number of rotatable bonds is 8. The summed E-state index contributed by atoms with van der Waals surface area (Å²) >= 11 is 0. The minimum absolute atomic E-state index is 0. The molecule has 1 saturated carbocycles. The summed E-state index contributed by atoms with van der Waals surface area (Å²) in [5, 5.41) is 2.95. The molecule has 0 radical (unpaired) electrons. The highest BCUT2D eigenvalue weighted by Crippen LogP contribution is 2.38. The van der Waals surface area contributed by atoms with E-state index in [0.717, 1.165) is 24.8 Å². The molecule has 2 rings (SSSR count). The normalized spacial score (nSPS) is 19.0.